The Labute approximate surface area is 161 Å². The molecule has 2 aliphatic heterocycles. The highest BCUT2D eigenvalue weighted by molar-refractivity contribution is 5.29. The zero-order valence-electron chi connectivity index (χ0n) is 18.4. The minimum Gasteiger partial charge on any atom is -0.395 e. The molecular formula is C22H42N2O2. The summed E-state index contributed by atoms with van der Waals surface area (Å²) in [5.74, 6) is 0. The van der Waals surface area contributed by atoms with Crippen molar-refractivity contribution in [3.8, 4) is 0 Å². The van der Waals surface area contributed by atoms with Gasteiger partial charge in [0.1, 0.15) is 0 Å². The van der Waals surface area contributed by atoms with Crippen molar-refractivity contribution in [2.24, 2.45) is 0 Å². The van der Waals surface area contributed by atoms with E-state index in [4.69, 9.17) is 0 Å². The third kappa shape index (κ3) is 4.19. The quantitative estimate of drug-likeness (QED) is 0.747. The summed E-state index contributed by atoms with van der Waals surface area (Å²) in [6.45, 7) is 20.5. The summed E-state index contributed by atoms with van der Waals surface area (Å²) in [6, 6.07) is 0. The van der Waals surface area contributed by atoms with E-state index in [2.05, 4.69) is 65.2 Å². The van der Waals surface area contributed by atoms with E-state index in [1.165, 1.54) is 0 Å². The molecule has 0 aromatic rings. The van der Waals surface area contributed by atoms with Gasteiger partial charge in [-0.2, -0.15) is 0 Å². The van der Waals surface area contributed by atoms with Crippen LogP contribution in [0.2, 0.25) is 0 Å². The van der Waals surface area contributed by atoms with Crippen LogP contribution in [0.15, 0.2) is 11.1 Å². The van der Waals surface area contributed by atoms with Crippen LogP contribution in [0.25, 0.3) is 0 Å². The second kappa shape index (κ2) is 7.20. The fourth-order valence-electron chi connectivity index (χ4n) is 6.14. The Morgan fingerprint density at radius 3 is 1.00 bits per heavy atom. The van der Waals surface area contributed by atoms with Crippen LogP contribution in [-0.4, -0.2) is 68.5 Å². The average molecular weight is 367 g/mol. The standard InChI is InChI=1S/C22H42N2O2/c1-19(2)13-17(14-20(3,4)23(19)9-11-25)18-15-21(5,6)24(10-12-26)22(7,8)16-18/h25-26H,9-16H2,1-8H3. The zero-order valence-corrected chi connectivity index (χ0v) is 18.4. The van der Waals surface area contributed by atoms with Crippen LogP contribution in [0.5, 0.6) is 0 Å². The highest BCUT2D eigenvalue weighted by atomic mass is 16.3. The molecule has 0 amide bonds. The van der Waals surface area contributed by atoms with Gasteiger partial charge in [-0.3, -0.25) is 9.80 Å². The van der Waals surface area contributed by atoms with Crippen molar-refractivity contribution < 1.29 is 10.2 Å². The number of aliphatic hydroxyl groups excluding tert-OH is 2. The molecule has 0 aliphatic carbocycles. The molecule has 2 rings (SSSR count). The number of piperidine rings is 2. The molecule has 0 spiro atoms. The molecule has 4 nitrogen and oxygen atoms in total. The Morgan fingerprint density at radius 1 is 0.577 bits per heavy atom. The summed E-state index contributed by atoms with van der Waals surface area (Å²) < 4.78 is 0. The third-order valence-electron chi connectivity index (χ3n) is 6.65. The molecule has 0 unspecified atom stereocenters. The highest BCUT2D eigenvalue weighted by Gasteiger charge is 2.47. The second-order valence-electron chi connectivity index (χ2n) is 10.9. The number of rotatable bonds is 4. The van der Waals surface area contributed by atoms with Crippen molar-refractivity contribution in [1.29, 1.82) is 0 Å². The molecule has 0 saturated carbocycles. The van der Waals surface area contributed by atoms with Crippen LogP contribution in [0, 0.1) is 0 Å². The zero-order chi connectivity index (χ0) is 20.0. The van der Waals surface area contributed by atoms with Gasteiger partial charge in [0, 0.05) is 35.2 Å². The van der Waals surface area contributed by atoms with E-state index in [1.54, 1.807) is 11.1 Å². The normalized spacial score (nSPS) is 28.4. The Hall–Kier alpha value is -0.420. The first-order valence-corrected chi connectivity index (χ1v) is 10.2. The van der Waals surface area contributed by atoms with Gasteiger partial charge in [0.25, 0.3) is 0 Å². The largest absolute Gasteiger partial charge is 0.395 e. The minimum absolute atomic E-state index is 0.0589. The Morgan fingerprint density at radius 2 is 0.808 bits per heavy atom. The minimum atomic E-state index is 0.0589. The Balaban J connectivity index is 2.39. The van der Waals surface area contributed by atoms with Crippen LogP contribution in [0.3, 0.4) is 0 Å². The van der Waals surface area contributed by atoms with E-state index in [1.807, 2.05) is 0 Å². The lowest BCUT2D eigenvalue weighted by Crippen LogP contribution is -2.61. The molecule has 2 saturated heterocycles. The fraction of sp³-hybridized carbons (Fsp3) is 0.909. The molecule has 152 valence electrons. The fourth-order valence-corrected chi connectivity index (χ4v) is 6.14. The van der Waals surface area contributed by atoms with Crippen LogP contribution in [0.1, 0.15) is 81.1 Å². The molecule has 2 aliphatic rings. The van der Waals surface area contributed by atoms with Gasteiger partial charge in [0.15, 0.2) is 0 Å². The number of β-amino-alcohol motifs (C(OH)–C–C–N with tert-alkyl or cyclic N) is 2. The third-order valence-corrected chi connectivity index (χ3v) is 6.65. The lowest BCUT2D eigenvalue weighted by atomic mass is 9.69. The van der Waals surface area contributed by atoms with E-state index in [0.717, 1.165) is 38.8 Å². The number of aliphatic hydroxyl groups is 2. The first-order valence-electron chi connectivity index (χ1n) is 10.2. The molecule has 0 bridgehead atoms. The molecule has 4 heteroatoms. The van der Waals surface area contributed by atoms with Crippen LogP contribution >= 0.6 is 0 Å². The molecular weight excluding hydrogens is 324 g/mol. The van der Waals surface area contributed by atoms with Crippen molar-refractivity contribution in [3.05, 3.63) is 11.1 Å². The van der Waals surface area contributed by atoms with Crippen molar-refractivity contribution in [2.75, 3.05) is 26.3 Å². The number of hydrogen-bond donors (Lipinski definition) is 2. The smallest absolute Gasteiger partial charge is 0.0558 e. The monoisotopic (exact) mass is 366 g/mol. The average Bonchev–Trinajstić information content (AvgIpc) is 2.45. The van der Waals surface area contributed by atoms with Crippen LogP contribution in [0.4, 0.5) is 0 Å². The predicted octanol–water partition coefficient (Wildman–Crippen LogP) is 3.57. The topological polar surface area (TPSA) is 46.9 Å². The molecule has 2 fully saturated rings. The lowest BCUT2D eigenvalue weighted by Gasteiger charge is -2.57. The van der Waals surface area contributed by atoms with Gasteiger partial charge < -0.3 is 10.2 Å². The SMILES string of the molecule is CC1(C)CC(=C2CC(C)(C)N(CCO)C(C)(C)C2)CC(C)(C)N1CCO. The first kappa shape index (κ1) is 21.9. The Bertz CT molecular complexity index is 458. The van der Waals surface area contributed by atoms with E-state index in [9.17, 15) is 10.2 Å². The van der Waals surface area contributed by atoms with Gasteiger partial charge in [0.05, 0.1) is 13.2 Å². The maximum Gasteiger partial charge on any atom is 0.0558 e. The predicted molar refractivity (Wildman–Crippen MR) is 109 cm³/mol. The summed E-state index contributed by atoms with van der Waals surface area (Å²) >= 11 is 0. The maximum atomic E-state index is 9.53. The molecule has 0 aromatic heterocycles. The molecule has 0 radical (unpaired) electrons. The molecule has 0 aromatic carbocycles. The van der Waals surface area contributed by atoms with Crippen LogP contribution < -0.4 is 0 Å². The van der Waals surface area contributed by atoms with Gasteiger partial charge in [-0.15, -0.1) is 0 Å². The maximum absolute atomic E-state index is 9.53. The summed E-state index contributed by atoms with van der Waals surface area (Å²) in [5.41, 5.74) is 3.48. The molecule has 2 heterocycles. The summed E-state index contributed by atoms with van der Waals surface area (Å²) in [4.78, 5) is 4.97. The van der Waals surface area contributed by atoms with Crippen molar-refractivity contribution in [1.82, 2.24) is 9.80 Å². The molecule has 0 atom stereocenters. The second-order valence-corrected chi connectivity index (χ2v) is 10.9. The van der Waals surface area contributed by atoms with Gasteiger partial charge in [-0.25, -0.2) is 0 Å². The van der Waals surface area contributed by atoms with Crippen molar-refractivity contribution >= 4 is 0 Å². The van der Waals surface area contributed by atoms with Crippen LogP contribution in [-0.2, 0) is 0 Å². The first-order chi connectivity index (χ1) is 11.8. The van der Waals surface area contributed by atoms with E-state index < -0.39 is 0 Å². The lowest BCUT2D eigenvalue weighted by molar-refractivity contribution is -0.0278. The summed E-state index contributed by atoms with van der Waals surface area (Å²) in [5, 5.41) is 19.1. The van der Waals surface area contributed by atoms with E-state index >= 15 is 0 Å². The number of hydrogen-bond acceptors (Lipinski definition) is 4. The van der Waals surface area contributed by atoms with Crippen molar-refractivity contribution in [3.63, 3.8) is 0 Å². The molecule has 26 heavy (non-hydrogen) atoms. The van der Waals surface area contributed by atoms with E-state index in [-0.39, 0.29) is 35.4 Å². The molecule has 2 N–H and O–H groups in total. The summed E-state index contributed by atoms with van der Waals surface area (Å²) in [6.07, 6.45) is 4.33. The number of likely N-dealkylation sites (tertiary alicyclic amines) is 2. The number of nitrogens with zero attached hydrogens (tertiary/aromatic N) is 2. The van der Waals surface area contributed by atoms with E-state index in [0.29, 0.717) is 0 Å². The summed E-state index contributed by atoms with van der Waals surface area (Å²) in [7, 11) is 0. The van der Waals surface area contributed by atoms with Gasteiger partial charge in [-0.1, -0.05) is 11.1 Å². The highest BCUT2D eigenvalue weighted by Crippen LogP contribution is 2.48. The van der Waals surface area contributed by atoms with Gasteiger partial charge >= 0.3 is 0 Å². The van der Waals surface area contributed by atoms with Gasteiger partial charge in [0.2, 0.25) is 0 Å². The van der Waals surface area contributed by atoms with Crippen molar-refractivity contribution in [2.45, 2.75) is 103 Å². The Kier molecular flexibility index (Phi) is 6.05. The van der Waals surface area contributed by atoms with Gasteiger partial charge in [-0.05, 0) is 81.1 Å².